The number of benzene rings is 2. The van der Waals surface area contributed by atoms with E-state index < -0.39 is 0 Å². The molecule has 5 nitrogen and oxygen atoms in total. The van der Waals surface area contributed by atoms with Gasteiger partial charge in [0.25, 0.3) is 0 Å². The Labute approximate surface area is 154 Å². The Morgan fingerprint density at radius 2 is 1.92 bits per heavy atom. The molecule has 0 aliphatic carbocycles. The van der Waals surface area contributed by atoms with Crippen molar-refractivity contribution in [3.05, 3.63) is 53.6 Å². The Morgan fingerprint density at radius 3 is 2.73 bits per heavy atom. The number of hydrogen-bond acceptors (Lipinski definition) is 4. The maximum atomic E-state index is 12.2. The lowest BCUT2D eigenvalue weighted by molar-refractivity contribution is -0.121. The van der Waals surface area contributed by atoms with E-state index in [0.717, 1.165) is 28.4 Å². The summed E-state index contributed by atoms with van der Waals surface area (Å²) >= 11 is 0. The van der Waals surface area contributed by atoms with Crippen LogP contribution in [0.3, 0.4) is 0 Å². The fourth-order valence-electron chi connectivity index (χ4n) is 2.82. The van der Waals surface area contributed by atoms with E-state index >= 15 is 0 Å². The molecular weight excluding hydrogens is 330 g/mol. The predicted molar refractivity (Wildman–Crippen MR) is 100 cm³/mol. The van der Waals surface area contributed by atoms with Crippen molar-refractivity contribution in [1.82, 2.24) is 5.32 Å². The summed E-state index contributed by atoms with van der Waals surface area (Å²) in [6.07, 6.45) is 1.09. The second-order valence-corrected chi connectivity index (χ2v) is 6.52. The molecule has 5 heteroatoms. The number of para-hydroxylation sites is 1. The molecule has 1 atom stereocenters. The minimum absolute atomic E-state index is 0.0146. The second kappa shape index (κ2) is 8.61. The molecule has 3 rings (SSSR count). The van der Waals surface area contributed by atoms with E-state index in [1.54, 1.807) is 0 Å². The molecular formula is C21H25NO4. The zero-order chi connectivity index (χ0) is 18.4. The number of nitrogens with one attached hydrogen (secondary N) is 1. The highest BCUT2D eigenvalue weighted by atomic mass is 16.6. The van der Waals surface area contributed by atoms with Crippen LogP contribution in [0.2, 0.25) is 0 Å². The summed E-state index contributed by atoms with van der Waals surface area (Å²) in [6, 6.07) is 13.6. The van der Waals surface area contributed by atoms with Gasteiger partial charge >= 0.3 is 0 Å². The Kier molecular flexibility index (Phi) is 6.00. The number of ether oxygens (including phenoxy) is 3. The lowest BCUT2D eigenvalue weighted by Crippen LogP contribution is -2.36. The first kappa shape index (κ1) is 18.1. The molecule has 1 aliphatic heterocycles. The highest BCUT2D eigenvalue weighted by molar-refractivity contribution is 5.76. The molecule has 2 aromatic carbocycles. The van der Waals surface area contributed by atoms with E-state index in [2.05, 4.69) is 5.32 Å². The minimum Gasteiger partial charge on any atom is -0.491 e. The molecule has 1 amide bonds. The monoisotopic (exact) mass is 355 g/mol. The Morgan fingerprint density at radius 1 is 1.15 bits per heavy atom. The maximum absolute atomic E-state index is 12.2. The quantitative estimate of drug-likeness (QED) is 0.828. The van der Waals surface area contributed by atoms with E-state index in [0.29, 0.717) is 32.7 Å². The standard InChI is InChI=1S/C21H25NO4/c1-15-5-3-4-6-18(15)26-14-16(2)22-21(23)10-8-17-7-9-19-20(13-17)25-12-11-24-19/h3-7,9,13,16H,8,10-12,14H2,1-2H3,(H,22,23)/t16-/m1/s1. The van der Waals surface area contributed by atoms with Gasteiger partial charge in [-0.2, -0.15) is 0 Å². The van der Waals surface area contributed by atoms with Crippen LogP contribution in [-0.2, 0) is 11.2 Å². The zero-order valence-electron chi connectivity index (χ0n) is 15.3. The third-order valence-electron chi connectivity index (χ3n) is 4.24. The fourth-order valence-corrected chi connectivity index (χ4v) is 2.82. The third-order valence-corrected chi connectivity index (χ3v) is 4.24. The van der Waals surface area contributed by atoms with Crippen LogP contribution in [0.4, 0.5) is 0 Å². The lowest BCUT2D eigenvalue weighted by atomic mass is 10.1. The van der Waals surface area contributed by atoms with Crippen LogP contribution in [-0.4, -0.2) is 31.8 Å². The lowest BCUT2D eigenvalue weighted by Gasteiger charge is -2.19. The first-order chi connectivity index (χ1) is 12.6. The van der Waals surface area contributed by atoms with Crippen molar-refractivity contribution < 1.29 is 19.0 Å². The summed E-state index contributed by atoms with van der Waals surface area (Å²) < 4.78 is 16.9. The largest absolute Gasteiger partial charge is 0.491 e. The smallest absolute Gasteiger partial charge is 0.220 e. The van der Waals surface area contributed by atoms with Crippen molar-refractivity contribution in [3.63, 3.8) is 0 Å². The third kappa shape index (κ3) is 4.91. The molecule has 0 aromatic heterocycles. The van der Waals surface area contributed by atoms with Gasteiger partial charge in [-0.1, -0.05) is 24.3 Å². The SMILES string of the molecule is Cc1ccccc1OC[C@@H](C)NC(=O)CCc1ccc2c(c1)OCCO2. The molecule has 1 aliphatic rings. The predicted octanol–water partition coefficient (Wildman–Crippen LogP) is 3.28. The summed E-state index contributed by atoms with van der Waals surface area (Å²) in [5.41, 5.74) is 2.15. The van der Waals surface area contributed by atoms with Gasteiger partial charge in [-0.25, -0.2) is 0 Å². The van der Waals surface area contributed by atoms with Gasteiger partial charge in [-0.15, -0.1) is 0 Å². The van der Waals surface area contributed by atoms with Crippen LogP contribution in [0.5, 0.6) is 17.2 Å². The van der Waals surface area contributed by atoms with Gasteiger partial charge in [0.2, 0.25) is 5.91 Å². The van der Waals surface area contributed by atoms with Gasteiger partial charge in [0.15, 0.2) is 11.5 Å². The van der Waals surface area contributed by atoms with E-state index in [-0.39, 0.29) is 11.9 Å². The topological polar surface area (TPSA) is 56.8 Å². The minimum atomic E-state index is -0.0534. The van der Waals surface area contributed by atoms with E-state index in [4.69, 9.17) is 14.2 Å². The summed E-state index contributed by atoms with van der Waals surface area (Å²) in [6.45, 7) is 5.54. The number of hydrogen-bond donors (Lipinski definition) is 1. The van der Waals surface area contributed by atoms with Crippen molar-refractivity contribution in [2.24, 2.45) is 0 Å². The van der Waals surface area contributed by atoms with Gasteiger partial charge in [0.05, 0.1) is 6.04 Å². The Hall–Kier alpha value is -2.69. The van der Waals surface area contributed by atoms with Crippen LogP contribution in [0.25, 0.3) is 0 Å². The normalized spacial score (nSPS) is 13.8. The number of carbonyl (C=O) groups excluding carboxylic acids is 1. The number of fused-ring (bicyclic) bond motifs is 1. The molecule has 0 saturated carbocycles. The molecule has 1 N–H and O–H groups in total. The Bertz CT molecular complexity index is 759. The van der Waals surface area contributed by atoms with Gasteiger partial charge in [-0.05, 0) is 49.6 Å². The summed E-state index contributed by atoms with van der Waals surface area (Å²) in [5, 5.41) is 2.98. The van der Waals surface area contributed by atoms with Gasteiger partial charge in [-0.3, -0.25) is 4.79 Å². The van der Waals surface area contributed by atoms with Crippen LogP contribution >= 0.6 is 0 Å². The second-order valence-electron chi connectivity index (χ2n) is 6.52. The molecule has 0 bridgehead atoms. The highest BCUT2D eigenvalue weighted by Gasteiger charge is 2.13. The highest BCUT2D eigenvalue weighted by Crippen LogP contribution is 2.31. The fraction of sp³-hybridized carbons (Fsp3) is 0.381. The van der Waals surface area contributed by atoms with Crippen molar-refractivity contribution >= 4 is 5.91 Å². The molecule has 2 aromatic rings. The molecule has 0 fully saturated rings. The van der Waals surface area contributed by atoms with Crippen LogP contribution in [0, 0.1) is 6.92 Å². The molecule has 26 heavy (non-hydrogen) atoms. The summed E-state index contributed by atoms with van der Waals surface area (Å²) in [7, 11) is 0. The van der Waals surface area contributed by atoms with E-state index in [9.17, 15) is 4.79 Å². The van der Waals surface area contributed by atoms with Crippen molar-refractivity contribution in [2.75, 3.05) is 19.8 Å². The molecule has 0 saturated heterocycles. The summed E-state index contributed by atoms with van der Waals surface area (Å²) in [5.74, 6) is 2.39. The van der Waals surface area contributed by atoms with Crippen LogP contribution in [0.15, 0.2) is 42.5 Å². The average Bonchev–Trinajstić information content (AvgIpc) is 2.65. The van der Waals surface area contributed by atoms with Crippen LogP contribution in [0.1, 0.15) is 24.5 Å². The van der Waals surface area contributed by atoms with Crippen molar-refractivity contribution in [1.29, 1.82) is 0 Å². The molecule has 0 radical (unpaired) electrons. The number of amides is 1. The van der Waals surface area contributed by atoms with E-state index in [1.807, 2.05) is 56.3 Å². The summed E-state index contributed by atoms with van der Waals surface area (Å²) in [4.78, 5) is 12.2. The van der Waals surface area contributed by atoms with Gasteiger partial charge in [0, 0.05) is 6.42 Å². The van der Waals surface area contributed by atoms with Gasteiger partial charge < -0.3 is 19.5 Å². The van der Waals surface area contributed by atoms with E-state index in [1.165, 1.54) is 0 Å². The zero-order valence-corrected chi connectivity index (χ0v) is 15.3. The first-order valence-corrected chi connectivity index (χ1v) is 8.98. The number of carbonyl (C=O) groups is 1. The molecule has 1 heterocycles. The molecule has 138 valence electrons. The van der Waals surface area contributed by atoms with Crippen molar-refractivity contribution in [2.45, 2.75) is 32.7 Å². The molecule has 0 unspecified atom stereocenters. The van der Waals surface area contributed by atoms with Crippen LogP contribution < -0.4 is 19.5 Å². The molecule has 0 spiro atoms. The Balaban J connectivity index is 1.43. The number of rotatable bonds is 7. The first-order valence-electron chi connectivity index (χ1n) is 8.98. The van der Waals surface area contributed by atoms with Gasteiger partial charge in [0.1, 0.15) is 25.6 Å². The average molecular weight is 355 g/mol. The number of aryl methyl sites for hydroxylation is 2. The maximum Gasteiger partial charge on any atom is 0.220 e. The van der Waals surface area contributed by atoms with Crippen molar-refractivity contribution in [3.8, 4) is 17.2 Å².